The maximum absolute atomic E-state index is 12.6. The summed E-state index contributed by atoms with van der Waals surface area (Å²) in [7, 11) is 0. The Morgan fingerprint density at radius 1 is 1.18 bits per heavy atom. The molecule has 0 atom stereocenters. The molecule has 0 bridgehead atoms. The quantitative estimate of drug-likeness (QED) is 0.705. The van der Waals surface area contributed by atoms with E-state index in [1.165, 1.54) is 19.3 Å². The average Bonchev–Trinajstić information content (AvgIpc) is 3.24. The molecule has 9 heteroatoms. The number of aromatic nitrogens is 2. The Balaban J connectivity index is 0.000000516. The summed E-state index contributed by atoms with van der Waals surface area (Å²) in [6.45, 7) is 3.63. The van der Waals surface area contributed by atoms with Gasteiger partial charge in [0.05, 0.1) is 16.6 Å². The number of rotatable bonds is 3. The van der Waals surface area contributed by atoms with E-state index in [1.54, 1.807) is 11.3 Å². The topological polar surface area (TPSA) is 114 Å². The first-order valence-corrected chi connectivity index (χ1v) is 10.6. The van der Waals surface area contributed by atoms with Crippen molar-refractivity contribution in [2.24, 2.45) is 0 Å². The Morgan fingerprint density at radius 3 is 2.46 bits per heavy atom. The molecule has 1 amide bonds. The minimum Gasteiger partial charge on any atom is -0.450 e. The molecule has 1 saturated carbocycles. The van der Waals surface area contributed by atoms with E-state index in [1.807, 2.05) is 13.0 Å². The Bertz CT molecular complexity index is 815. The highest BCUT2D eigenvalue weighted by Gasteiger charge is 2.24. The first-order valence-electron chi connectivity index (χ1n) is 9.75. The molecule has 0 spiro atoms. The molecule has 2 aliphatic rings. The molecule has 1 aliphatic carbocycles. The molecule has 2 aromatic heterocycles. The van der Waals surface area contributed by atoms with Crippen LogP contribution < -0.4 is 5.32 Å². The van der Waals surface area contributed by atoms with Crippen LogP contribution in [-0.2, 0) is 4.74 Å². The Kier molecular flexibility index (Phi) is 6.90. The summed E-state index contributed by atoms with van der Waals surface area (Å²) in [6, 6.07) is 2.77. The third-order valence-corrected chi connectivity index (χ3v) is 6.39. The van der Waals surface area contributed by atoms with Crippen molar-refractivity contribution in [3.8, 4) is 0 Å². The number of hydrogen-bond acceptors (Lipinski definition) is 5. The number of carboxylic acid groups (broad SMARTS) is 2. The monoisotopic (exact) mass is 409 g/mol. The number of fused-ring (bicyclic) bond motifs is 1. The van der Waals surface area contributed by atoms with E-state index in [0.29, 0.717) is 12.1 Å². The maximum atomic E-state index is 12.6. The molecule has 1 aliphatic heterocycles. The number of nitrogens with one attached hydrogen (secondary N) is 1. The van der Waals surface area contributed by atoms with Crippen LogP contribution in [0, 0.1) is 6.92 Å². The Morgan fingerprint density at radius 2 is 1.82 bits per heavy atom. The fourth-order valence-electron chi connectivity index (χ4n) is 3.86. The second kappa shape index (κ2) is 9.38. The van der Waals surface area contributed by atoms with E-state index in [9.17, 15) is 4.79 Å². The van der Waals surface area contributed by atoms with Gasteiger partial charge in [-0.05, 0) is 38.7 Å². The summed E-state index contributed by atoms with van der Waals surface area (Å²) in [5.74, 6) is 0.0843. The highest BCUT2D eigenvalue weighted by Crippen LogP contribution is 2.33. The van der Waals surface area contributed by atoms with Crippen molar-refractivity contribution in [1.29, 1.82) is 0 Å². The van der Waals surface area contributed by atoms with Crippen LogP contribution in [0.4, 0.5) is 4.79 Å². The molecule has 2 aromatic rings. The lowest BCUT2D eigenvalue weighted by Crippen LogP contribution is -2.35. The lowest BCUT2D eigenvalue weighted by molar-refractivity contribution is 0.0675. The average molecular weight is 410 g/mol. The van der Waals surface area contributed by atoms with Gasteiger partial charge in [0.15, 0.2) is 0 Å². The highest BCUT2D eigenvalue weighted by atomic mass is 32.1. The molecule has 3 heterocycles. The zero-order valence-corrected chi connectivity index (χ0v) is 16.8. The summed E-state index contributed by atoms with van der Waals surface area (Å²) >= 11 is 1.58. The maximum Gasteiger partial charge on any atom is 0.503 e. The zero-order valence-electron chi connectivity index (χ0n) is 16.0. The van der Waals surface area contributed by atoms with Gasteiger partial charge in [-0.15, -0.1) is 11.3 Å². The summed E-state index contributed by atoms with van der Waals surface area (Å²) in [5.41, 5.74) is 1.02. The van der Waals surface area contributed by atoms with Crippen LogP contribution in [0.15, 0.2) is 6.07 Å². The van der Waals surface area contributed by atoms with Crippen molar-refractivity contribution in [3.63, 3.8) is 0 Å². The SMILES string of the molecule is Cc1nn(C2CCOCC2)c2sc(C(=O)NC3CCCCC3)cc12.O=C(O)O. The van der Waals surface area contributed by atoms with Gasteiger partial charge in [0, 0.05) is 24.6 Å². The molecule has 0 unspecified atom stereocenters. The predicted octanol–water partition coefficient (Wildman–Crippen LogP) is 4.04. The number of hydrogen-bond donors (Lipinski definition) is 3. The number of ether oxygens (including phenoxy) is 1. The van der Waals surface area contributed by atoms with Crippen molar-refractivity contribution in [2.75, 3.05) is 13.2 Å². The fraction of sp³-hybridized carbons (Fsp3) is 0.632. The molecule has 3 N–H and O–H groups in total. The third kappa shape index (κ3) is 5.02. The number of aryl methyl sites for hydroxylation is 1. The minimum absolute atomic E-state index is 0.0843. The van der Waals surface area contributed by atoms with Gasteiger partial charge in [0.25, 0.3) is 5.91 Å². The lowest BCUT2D eigenvalue weighted by Gasteiger charge is -2.23. The van der Waals surface area contributed by atoms with Gasteiger partial charge in [-0.1, -0.05) is 19.3 Å². The van der Waals surface area contributed by atoms with Crippen LogP contribution in [0.1, 0.15) is 66.4 Å². The molecule has 4 rings (SSSR count). The van der Waals surface area contributed by atoms with Crippen LogP contribution in [0.2, 0.25) is 0 Å². The third-order valence-electron chi connectivity index (χ3n) is 5.27. The van der Waals surface area contributed by atoms with Crippen LogP contribution in [0.5, 0.6) is 0 Å². The Labute approximate surface area is 167 Å². The van der Waals surface area contributed by atoms with Crippen LogP contribution >= 0.6 is 11.3 Å². The van der Waals surface area contributed by atoms with Gasteiger partial charge in [-0.3, -0.25) is 9.48 Å². The summed E-state index contributed by atoms with van der Waals surface area (Å²) < 4.78 is 7.60. The second-order valence-corrected chi connectivity index (χ2v) is 8.32. The second-order valence-electron chi connectivity index (χ2n) is 7.29. The van der Waals surface area contributed by atoms with E-state index in [4.69, 9.17) is 24.8 Å². The lowest BCUT2D eigenvalue weighted by atomic mass is 9.95. The molecule has 28 heavy (non-hydrogen) atoms. The van der Waals surface area contributed by atoms with Crippen LogP contribution in [-0.4, -0.2) is 51.3 Å². The van der Waals surface area contributed by atoms with E-state index in [-0.39, 0.29) is 5.91 Å². The number of thiophene rings is 1. The fourth-order valence-corrected chi connectivity index (χ4v) is 5.00. The molecular formula is C19H27N3O5S. The minimum atomic E-state index is -1.83. The molecule has 0 radical (unpaired) electrons. The molecular weight excluding hydrogens is 382 g/mol. The Hall–Kier alpha value is -2.13. The molecule has 2 fully saturated rings. The van der Waals surface area contributed by atoms with Gasteiger partial charge in [-0.25, -0.2) is 4.79 Å². The van der Waals surface area contributed by atoms with Gasteiger partial charge < -0.3 is 20.3 Å². The smallest absolute Gasteiger partial charge is 0.450 e. The number of nitrogens with zero attached hydrogens (tertiary/aromatic N) is 2. The number of carbonyl (C=O) groups excluding carboxylic acids is 1. The first-order chi connectivity index (χ1) is 13.5. The van der Waals surface area contributed by atoms with Crippen molar-refractivity contribution in [1.82, 2.24) is 15.1 Å². The van der Waals surface area contributed by atoms with Crippen LogP contribution in [0.3, 0.4) is 0 Å². The summed E-state index contributed by atoms with van der Waals surface area (Å²) in [5, 5.41) is 23.0. The predicted molar refractivity (Wildman–Crippen MR) is 106 cm³/mol. The normalized spacial score (nSPS) is 18.5. The van der Waals surface area contributed by atoms with Crippen molar-refractivity contribution in [3.05, 3.63) is 16.6 Å². The van der Waals surface area contributed by atoms with E-state index >= 15 is 0 Å². The van der Waals surface area contributed by atoms with Gasteiger partial charge >= 0.3 is 6.16 Å². The number of carbonyl (C=O) groups is 2. The van der Waals surface area contributed by atoms with Crippen molar-refractivity contribution in [2.45, 2.75) is 64.0 Å². The van der Waals surface area contributed by atoms with E-state index < -0.39 is 6.16 Å². The first kappa shape index (κ1) is 20.6. The van der Waals surface area contributed by atoms with E-state index in [0.717, 1.165) is 59.7 Å². The van der Waals surface area contributed by atoms with Crippen molar-refractivity contribution >= 4 is 33.6 Å². The molecule has 1 saturated heterocycles. The largest absolute Gasteiger partial charge is 0.503 e. The number of amides is 1. The summed E-state index contributed by atoms with van der Waals surface area (Å²) in [4.78, 5) is 23.1. The summed E-state index contributed by atoms with van der Waals surface area (Å²) in [6.07, 6.45) is 6.16. The van der Waals surface area contributed by atoms with Crippen molar-refractivity contribution < 1.29 is 24.5 Å². The standard InChI is InChI=1S/C18H25N3O2S.CH2O3/c1-12-15-11-16(17(22)19-13-5-3-2-4-6-13)24-18(15)21(20-12)14-7-9-23-10-8-14;2-1(3)4/h11,13-14H,2-10H2,1H3,(H,19,22);(H2,2,3,4). The molecule has 0 aromatic carbocycles. The van der Waals surface area contributed by atoms with E-state index in [2.05, 4.69) is 10.00 Å². The zero-order chi connectivity index (χ0) is 20.1. The molecule has 8 nitrogen and oxygen atoms in total. The van der Waals surface area contributed by atoms with Gasteiger partial charge in [0.2, 0.25) is 0 Å². The van der Waals surface area contributed by atoms with Gasteiger partial charge in [0.1, 0.15) is 4.83 Å². The van der Waals surface area contributed by atoms with Gasteiger partial charge in [-0.2, -0.15) is 5.10 Å². The highest BCUT2D eigenvalue weighted by molar-refractivity contribution is 7.20. The van der Waals surface area contributed by atoms with Crippen LogP contribution in [0.25, 0.3) is 10.2 Å². The molecule has 154 valence electrons.